The Balaban J connectivity index is 1.52. The molecule has 20 heteroatoms. The van der Waals surface area contributed by atoms with E-state index >= 15 is 0 Å². The van der Waals surface area contributed by atoms with E-state index in [1.54, 1.807) is 66.9 Å². The molecule has 0 unspecified atom stereocenters. The van der Waals surface area contributed by atoms with Gasteiger partial charge < -0.3 is 58.6 Å². The number of amides is 6. The molecule has 13 N–H and O–H groups in total. The molecule has 18 nitrogen and oxygen atoms in total. The molecule has 5 rings (SSSR count). The van der Waals surface area contributed by atoms with E-state index in [1.165, 1.54) is 6.92 Å². The maximum Gasteiger partial charge on any atom is 0.327 e. The number of aromatic amines is 1. The lowest BCUT2D eigenvalue weighted by atomic mass is 10.0. The first-order valence-corrected chi connectivity index (χ1v) is 23.8. The summed E-state index contributed by atoms with van der Waals surface area (Å²) in [6.07, 6.45) is 0.997. The Morgan fingerprint density at radius 1 is 0.646 bits per heavy atom. The molecular formula is C45H57N9O9S2. The molecular weight excluding hydrogens is 875 g/mol. The number of aromatic nitrogens is 1. The fraction of sp³-hybridized carbons (Fsp3) is 0.400. The number of aliphatic hydroxyl groups is 1. The molecule has 1 aliphatic heterocycles. The molecule has 348 valence electrons. The minimum Gasteiger partial charge on any atom is -0.480 e. The SMILES string of the molecule is C[C@@H](O)[C@@H]1NC(=O)[C@H](CCCCN)NC(=O)[C@@H](Cc2c[nH]c3ccccc23)NC(=O)[C@H](Cc2ccccc2)NC(=O)[C@@H](N)CSSC[C@@H](C(=O)O)NC(=O)[C@H](Cc2ccccc2)NC1=O. The van der Waals surface area contributed by atoms with Crippen LogP contribution in [0, 0.1) is 0 Å². The van der Waals surface area contributed by atoms with Gasteiger partial charge in [-0.15, -0.1) is 0 Å². The van der Waals surface area contributed by atoms with Crippen LogP contribution < -0.4 is 43.4 Å². The Morgan fingerprint density at radius 3 is 1.75 bits per heavy atom. The van der Waals surface area contributed by atoms with E-state index < -0.39 is 89.8 Å². The molecule has 6 amide bonds. The highest BCUT2D eigenvalue weighted by Crippen LogP contribution is 2.23. The number of H-pyrrole nitrogens is 1. The number of hydrogen-bond donors (Lipinski definition) is 11. The predicted octanol–water partition coefficient (Wildman–Crippen LogP) is 0.421. The smallest absolute Gasteiger partial charge is 0.327 e. The van der Waals surface area contributed by atoms with Gasteiger partial charge in [0.15, 0.2) is 0 Å². The lowest BCUT2D eigenvalue weighted by Gasteiger charge is -2.28. The molecule has 2 heterocycles. The number of rotatable bonds is 12. The third-order valence-corrected chi connectivity index (χ3v) is 13.2. The first-order chi connectivity index (χ1) is 31.2. The average molecular weight is 932 g/mol. The minimum atomic E-state index is -1.64. The van der Waals surface area contributed by atoms with Crippen LogP contribution in [-0.2, 0) is 52.8 Å². The topological polar surface area (TPSA) is 300 Å². The van der Waals surface area contributed by atoms with Crippen molar-refractivity contribution in [3.05, 3.63) is 108 Å². The Bertz CT molecular complexity index is 2250. The van der Waals surface area contributed by atoms with Crippen molar-refractivity contribution in [2.45, 2.75) is 93.8 Å². The van der Waals surface area contributed by atoms with Crippen LogP contribution in [0.5, 0.6) is 0 Å². The van der Waals surface area contributed by atoms with Gasteiger partial charge in [-0.3, -0.25) is 28.8 Å². The van der Waals surface area contributed by atoms with Crippen LogP contribution in [0.2, 0.25) is 0 Å². The molecule has 1 aliphatic rings. The van der Waals surface area contributed by atoms with Gasteiger partial charge in [-0.2, -0.15) is 0 Å². The second kappa shape index (κ2) is 24.9. The van der Waals surface area contributed by atoms with Crippen molar-refractivity contribution in [1.82, 2.24) is 36.9 Å². The number of benzene rings is 3. The van der Waals surface area contributed by atoms with Crippen molar-refractivity contribution >= 4 is 73.9 Å². The number of nitrogens with two attached hydrogens (primary N) is 2. The van der Waals surface area contributed by atoms with Crippen LogP contribution >= 0.6 is 21.6 Å². The highest BCUT2D eigenvalue weighted by Gasteiger charge is 2.36. The van der Waals surface area contributed by atoms with E-state index in [0.29, 0.717) is 29.5 Å². The lowest BCUT2D eigenvalue weighted by Crippen LogP contribution is -2.62. The van der Waals surface area contributed by atoms with Crippen molar-refractivity contribution in [3.8, 4) is 0 Å². The van der Waals surface area contributed by atoms with Crippen molar-refractivity contribution in [1.29, 1.82) is 0 Å². The quantitative estimate of drug-likeness (QED) is 0.0680. The van der Waals surface area contributed by atoms with Gasteiger partial charge in [-0.1, -0.05) is 100 Å². The summed E-state index contributed by atoms with van der Waals surface area (Å²) in [7, 11) is 2.12. The molecule has 3 aromatic carbocycles. The van der Waals surface area contributed by atoms with Crippen molar-refractivity contribution in [2.24, 2.45) is 11.5 Å². The van der Waals surface area contributed by atoms with Crippen LogP contribution in [0.15, 0.2) is 91.1 Å². The van der Waals surface area contributed by atoms with Gasteiger partial charge in [0.1, 0.15) is 36.3 Å². The number of fused-ring (bicyclic) bond motifs is 1. The zero-order valence-corrected chi connectivity index (χ0v) is 37.5. The fourth-order valence-electron chi connectivity index (χ4n) is 7.11. The van der Waals surface area contributed by atoms with Gasteiger partial charge >= 0.3 is 5.97 Å². The number of nitrogens with one attached hydrogen (secondary N) is 7. The van der Waals surface area contributed by atoms with E-state index in [4.69, 9.17) is 11.5 Å². The molecule has 1 saturated heterocycles. The maximum atomic E-state index is 14.5. The van der Waals surface area contributed by atoms with Gasteiger partial charge in [-0.25, -0.2) is 4.79 Å². The van der Waals surface area contributed by atoms with E-state index in [-0.39, 0.29) is 43.7 Å². The highest BCUT2D eigenvalue weighted by molar-refractivity contribution is 8.76. The van der Waals surface area contributed by atoms with E-state index in [2.05, 4.69) is 36.9 Å². The summed E-state index contributed by atoms with van der Waals surface area (Å²) in [5, 5.41) is 37.7. The molecule has 0 saturated carbocycles. The zero-order chi connectivity index (χ0) is 46.9. The summed E-state index contributed by atoms with van der Waals surface area (Å²) in [6.45, 7) is 1.55. The van der Waals surface area contributed by atoms with Gasteiger partial charge in [0.25, 0.3) is 0 Å². The number of aliphatic carboxylic acids is 1. The lowest BCUT2D eigenvalue weighted by molar-refractivity contribution is -0.141. The standard InChI is InChI=1S/C45H57N9O9S2/c1-26(55)38-44(61)52-35(21-28-14-6-3-7-15-28)42(59)53-37(45(62)63)25-65-64-24-31(47)39(56)50-34(20-27-12-4-2-5-13-27)41(58)51-36(22-29-23-48-32-17-9-8-16-30(29)32)43(60)49-33(40(57)54-38)18-10-11-19-46/h2-9,12-17,23,26,31,33-38,48,55H,10-11,18-22,24-25,46-47H2,1H3,(H,49,60)(H,50,56)(H,51,58)(H,52,61)(H,53,59)(H,54,57)(H,62,63)/t26-,31+,33+,34+,35+,36-,37+,38+/m1/s1. The number of aliphatic hydroxyl groups excluding tert-OH is 1. The molecule has 0 spiro atoms. The Labute approximate surface area is 384 Å². The first kappa shape index (κ1) is 50.1. The van der Waals surface area contributed by atoms with Crippen LogP contribution in [0.1, 0.15) is 42.9 Å². The highest BCUT2D eigenvalue weighted by atomic mass is 33.1. The zero-order valence-electron chi connectivity index (χ0n) is 35.9. The molecule has 0 radical (unpaired) electrons. The van der Waals surface area contributed by atoms with Gasteiger partial charge in [0, 0.05) is 47.9 Å². The van der Waals surface area contributed by atoms with Crippen LogP contribution in [0.3, 0.4) is 0 Å². The van der Waals surface area contributed by atoms with Crippen molar-refractivity contribution in [2.75, 3.05) is 18.1 Å². The summed E-state index contributed by atoms with van der Waals surface area (Å²) in [6, 6.07) is 15.5. The van der Waals surface area contributed by atoms with Crippen LogP contribution in [0.25, 0.3) is 10.9 Å². The molecule has 1 fully saturated rings. The normalized spacial score (nSPS) is 24.1. The van der Waals surface area contributed by atoms with Gasteiger partial charge in [0.2, 0.25) is 35.4 Å². The van der Waals surface area contributed by atoms with Gasteiger partial charge in [0.05, 0.1) is 12.1 Å². The minimum absolute atomic E-state index is 0.0119. The number of carboxylic acid groups (broad SMARTS) is 1. The number of unbranched alkanes of at least 4 members (excludes halogenated alkanes) is 1. The fourth-order valence-corrected chi connectivity index (χ4v) is 9.39. The third-order valence-electron chi connectivity index (χ3n) is 10.7. The number of carboxylic acids is 1. The van der Waals surface area contributed by atoms with Crippen LogP contribution in [0.4, 0.5) is 0 Å². The van der Waals surface area contributed by atoms with Crippen molar-refractivity contribution in [3.63, 3.8) is 0 Å². The summed E-state index contributed by atoms with van der Waals surface area (Å²) in [5.74, 6) is -6.34. The Hall–Kier alpha value is -5.93. The van der Waals surface area contributed by atoms with Crippen molar-refractivity contribution < 1.29 is 43.8 Å². The summed E-state index contributed by atoms with van der Waals surface area (Å²) >= 11 is 0. The molecule has 1 aromatic heterocycles. The van der Waals surface area contributed by atoms with E-state index in [9.17, 15) is 43.8 Å². The average Bonchev–Trinajstić information content (AvgIpc) is 3.70. The molecule has 0 aliphatic carbocycles. The van der Waals surface area contributed by atoms with Crippen LogP contribution in [-0.4, -0.2) is 123 Å². The summed E-state index contributed by atoms with van der Waals surface area (Å²) in [5.41, 5.74) is 14.9. The molecule has 65 heavy (non-hydrogen) atoms. The second-order valence-corrected chi connectivity index (χ2v) is 18.3. The molecule has 4 aromatic rings. The van der Waals surface area contributed by atoms with E-state index in [1.807, 2.05) is 24.3 Å². The summed E-state index contributed by atoms with van der Waals surface area (Å²) < 4.78 is 0. The van der Waals surface area contributed by atoms with E-state index in [0.717, 1.165) is 32.5 Å². The Morgan fingerprint density at radius 2 is 1.15 bits per heavy atom. The first-order valence-electron chi connectivity index (χ1n) is 21.3. The molecule has 8 atom stereocenters. The number of para-hydroxylation sites is 1. The number of carbonyl (C=O) groups is 7. The summed E-state index contributed by atoms with van der Waals surface area (Å²) in [4.78, 5) is 100. The second-order valence-electron chi connectivity index (χ2n) is 15.8. The number of hydrogen-bond acceptors (Lipinski definition) is 12. The monoisotopic (exact) mass is 931 g/mol. The van der Waals surface area contributed by atoms with Gasteiger partial charge in [-0.05, 0) is 55.5 Å². The maximum absolute atomic E-state index is 14.5. The third kappa shape index (κ3) is 15.1. The Kier molecular flexibility index (Phi) is 19.2. The molecule has 0 bridgehead atoms. The number of carbonyl (C=O) groups excluding carboxylic acids is 6. The predicted molar refractivity (Wildman–Crippen MR) is 249 cm³/mol. The largest absolute Gasteiger partial charge is 0.480 e.